The molecule has 1 aromatic rings. The number of aryl methyl sites for hydroxylation is 1. The Kier molecular flexibility index (Phi) is 4.52. The Bertz CT molecular complexity index is 445. The number of nitrogens with zero attached hydrogens (tertiary/aromatic N) is 3. The van der Waals surface area contributed by atoms with Gasteiger partial charge in [0.05, 0.1) is 0 Å². The predicted octanol–water partition coefficient (Wildman–Crippen LogP) is 1.85. The van der Waals surface area contributed by atoms with E-state index in [1.54, 1.807) is 18.5 Å². The molecule has 0 aliphatic rings. The summed E-state index contributed by atoms with van der Waals surface area (Å²) in [5.41, 5.74) is 0. The Morgan fingerprint density at radius 3 is 2.88 bits per heavy atom. The largest absolute Gasteiger partial charge is 0.406 e. The van der Waals surface area contributed by atoms with Crippen LogP contribution >= 0.6 is 0 Å². The van der Waals surface area contributed by atoms with Gasteiger partial charge in [-0.1, -0.05) is 0 Å². The third kappa shape index (κ3) is 3.21. The van der Waals surface area contributed by atoms with Gasteiger partial charge in [0.1, 0.15) is 0 Å². The maximum Gasteiger partial charge on any atom is 0.406 e. The lowest BCUT2D eigenvalue weighted by Gasteiger charge is -2.05. The Balaban J connectivity index is 2.64. The Labute approximate surface area is 100 Å². The van der Waals surface area contributed by atoms with Crippen LogP contribution in [0.3, 0.4) is 0 Å². The van der Waals surface area contributed by atoms with E-state index in [4.69, 9.17) is 6.42 Å². The van der Waals surface area contributed by atoms with Crippen molar-refractivity contribution in [1.29, 1.82) is 0 Å². The fourth-order valence-corrected chi connectivity index (χ4v) is 1.48. The first-order chi connectivity index (χ1) is 8.07. The molecular weight excluding hydrogens is 220 g/mol. The smallest absolute Gasteiger partial charge is 0.364 e. The summed E-state index contributed by atoms with van der Waals surface area (Å²) in [4.78, 5) is 14.2. The van der Waals surface area contributed by atoms with Gasteiger partial charge in [0.2, 0.25) is 11.6 Å². The quantitative estimate of drug-likeness (QED) is 0.354. The van der Waals surface area contributed by atoms with Gasteiger partial charge in [-0.3, -0.25) is 4.57 Å². The van der Waals surface area contributed by atoms with Gasteiger partial charge in [-0.05, 0) is 22.7 Å². The van der Waals surface area contributed by atoms with E-state index < -0.39 is 4.92 Å². The molecule has 1 rings (SSSR count). The highest BCUT2D eigenvalue weighted by Crippen LogP contribution is 2.23. The number of unbranched alkanes of at least 4 members (excludes halogenated alkanes) is 2. The first kappa shape index (κ1) is 13.0. The van der Waals surface area contributed by atoms with Gasteiger partial charge in [0, 0.05) is 26.9 Å². The minimum Gasteiger partial charge on any atom is -0.364 e. The summed E-state index contributed by atoms with van der Waals surface area (Å²) in [6.45, 7) is 2.39. The van der Waals surface area contributed by atoms with Gasteiger partial charge in [0.15, 0.2) is 0 Å². The van der Waals surface area contributed by atoms with Crippen LogP contribution in [0.4, 0.5) is 11.6 Å². The molecule has 0 saturated carbocycles. The second-order valence-electron chi connectivity index (χ2n) is 3.74. The van der Waals surface area contributed by atoms with Crippen LogP contribution in [0.2, 0.25) is 0 Å². The van der Waals surface area contributed by atoms with E-state index in [-0.39, 0.29) is 5.82 Å². The third-order valence-electron chi connectivity index (χ3n) is 2.51. The SMILES string of the molecule is C#CCCCCNc1c([N+](=O)[O-])nc(C)n1C. The fourth-order valence-electron chi connectivity index (χ4n) is 1.48. The number of nitro groups is 1. The topological polar surface area (TPSA) is 73.0 Å². The maximum absolute atomic E-state index is 10.8. The van der Waals surface area contributed by atoms with Crippen LogP contribution in [-0.4, -0.2) is 21.0 Å². The van der Waals surface area contributed by atoms with E-state index in [9.17, 15) is 10.1 Å². The van der Waals surface area contributed by atoms with Crippen LogP contribution in [0.25, 0.3) is 0 Å². The summed E-state index contributed by atoms with van der Waals surface area (Å²) >= 11 is 0. The summed E-state index contributed by atoms with van der Waals surface area (Å²) in [6, 6.07) is 0. The van der Waals surface area contributed by atoms with Crippen molar-refractivity contribution in [3.8, 4) is 12.3 Å². The molecule has 0 aromatic carbocycles. The maximum atomic E-state index is 10.8. The van der Waals surface area contributed by atoms with E-state index >= 15 is 0 Å². The summed E-state index contributed by atoms with van der Waals surface area (Å²) in [6.07, 6.45) is 7.66. The molecule has 92 valence electrons. The number of rotatable bonds is 6. The van der Waals surface area contributed by atoms with Gasteiger partial charge in [-0.25, -0.2) is 0 Å². The molecule has 6 nitrogen and oxygen atoms in total. The lowest BCUT2D eigenvalue weighted by molar-refractivity contribution is -0.388. The Hall–Kier alpha value is -2.03. The Morgan fingerprint density at radius 2 is 2.29 bits per heavy atom. The average molecular weight is 236 g/mol. The third-order valence-corrected chi connectivity index (χ3v) is 2.51. The highest BCUT2D eigenvalue weighted by Gasteiger charge is 2.22. The minimum atomic E-state index is -0.475. The second kappa shape index (κ2) is 5.89. The molecule has 1 aromatic heterocycles. The van der Waals surface area contributed by atoms with Crippen molar-refractivity contribution in [2.75, 3.05) is 11.9 Å². The molecule has 6 heteroatoms. The van der Waals surface area contributed by atoms with Crippen LogP contribution < -0.4 is 5.32 Å². The highest BCUT2D eigenvalue weighted by atomic mass is 16.6. The van der Waals surface area contributed by atoms with Gasteiger partial charge in [-0.2, -0.15) is 0 Å². The number of hydrogen-bond donors (Lipinski definition) is 1. The first-order valence-electron chi connectivity index (χ1n) is 5.43. The van der Waals surface area contributed by atoms with E-state index in [0.29, 0.717) is 18.2 Å². The van der Waals surface area contributed by atoms with Gasteiger partial charge < -0.3 is 15.4 Å². The van der Waals surface area contributed by atoms with Crippen LogP contribution in [0, 0.1) is 29.4 Å². The van der Waals surface area contributed by atoms with Crippen molar-refractivity contribution in [3.05, 3.63) is 15.9 Å². The minimum absolute atomic E-state index is 0.123. The van der Waals surface area contributed by atoms with Crippen LogP contribution in [-0.2, 0) is 7.05 Å². The lowest BCUT2D eigenvalue weighted by Crippen LogP contribution is -2.07. The number of aromatic nitrogens is 2. The molecule has 0 aliphatic carbocycles. The summed E-state index contributed by atoms with van der Waals surface area (Å²) in [7, 11) is 1.75. The zero-order valence-electron chi connectivity index (χ0n) is 10.1. The molecule has 0 amide bonds. The molecule has 0 bridgehead atoms. The average Bonchev–Trinajstić information content (AvgIpc) is 2.57. The molecule has 0 radical (unpaired) electrons. The molecule has 0 atom stereocenters. The molecule has 1 heterocycles. The molecule has 17 heavy (non-hydrogen) atoms. The van der Waals surface area contributed by atoms with Gasteiger partial charge >= 0.3 is 5.82 Å². The van der Waals surface area contributed by atoms with Crippen molar-refractivity contribution in [1.82, 2.24) is 9.55 Å². The number of nitrogens with one attached hydrogen (secondary N) is 1. The summed E-state index contributed by atoms with van der Waals surface area (Å²) in [5.74, 6) is 3.50. The molecular formula is C11H16N4O2. The van der Waals surface area contributed by atoms with Crippen molar-refractivity contribution >= 4 is 11.6 Å². The number of imidazole rings is 1. The van der Waals surface area contributed by atoms with Crippen LogP contribution in [0.5, 0.6) is 0 Å². The molecule has 1 N–H and O–H groups in total. The predicted molar refractivity (Wildman–Crippen MR) is 65.8 cm³/mol. The van der Waals surface area contributed by atoms with Gasteiger partial charge in [0.25, 0.3) is 0 Å². The van der Waals surface area contributed by atoms with Crippen molar-refractivity contribution in [2.45, 2.75) is 26.2 Å². The monoisotopic (exact) mass is 236 g/mol. The number of hydrogen-bond acceptors (Lipinski definition) is 4. The van der Waals surface area contributed by atoms with E-state index in [1.165, 1.54) is 0 Å². The van der Waals surface area contributed by atoms with Crippen LogP contribution in [0.1, 0.15) is 25.1 Å². The molecule has 0 unspecified atom stereocenters. The van der Waals surface area contributed by atoms with E-state index in [1.807, 2.05) is 0 Å². The zero-order chi connectivity index (χ0) is 12.8. The summed E-state index contributed by atoms with van der Waals surface area (Å²) < 4.78 is 1.68. The van der Waals surface area contributed by atoms with Crippen molar-refractivity contribution < 1.29 is 4.92 Å². The molecule has 0 saturated heterocycles. The normalized spacial score (nSPS) is 9.94. The Morgan fingerprint density at radius 1 is 1.59 bits per heavy atom. The summed E-state index contributed by atoms with van der Waals surface area (Å²) in [5, 5.41) is 13.8. The fraction of sp³-hybridized carbons (Fsp3) is 0.545. The van der Waals surface area contributed by atoms with Gasteiger partial charge in [-0.15, -0.1) is 12.3 Å². The molecule has 0 spiro atoms. The first-order valence-corrected chi connectivity index (χ1v) is 5.43. The number of terminal acetylenes is 1. The number of anilines is 1. The molecule has 0 aliphatic heterocycles. The standard InChI is InChI=1S/C11H16N4O2/c1-4-5-6-7-8-12-10-11(15(16)17)13-9(2)14(10)3/h1,12H,5-8H2,2-3H3. The van der Waals surface area contributed by atoms with E-state index in [2.05, 4.69) is 16.2 Å². The lowest BCUT2D eigenvalue weighted by atomic mass is 10.2. The van der Waals surface area contributed by atoms with Crippen molar-refractivity contribution in [2.24, 2.45) is 7.05 Å². The highest BCUT2D eigenvalue weighted by molar-refractivity contribution is 5.53. The molecule has 0 fully saturated rings. The van der Waals surface area contributed by atoms with Crippen molar-refractivity contribution in [3.63, 3.8) is 0 Å². The van der Waals surface area contributed by atoms with E-state index in [0.717, 1.165) is 19.3 Å². The second-order valence-corrected chi connectivity index (χ2v) is 3.74. The zero-order valence-corrected chi connectivity index (χ0v) is 10.1. The van der Waals surface area contributed by atoms with Crippen LogP contribution in [0.15, 0.2) is 0 Å².